The third kappa shape index (κ3) is 4.29. The molecule has 6 nitrogen and oxygen atoms in total. The van der Waals surface area contributed by atoms with Gasteiger partial charge in [0.05, 0.1) is 10.0 Å². The van der Waals surface area contributed by atoms with Crippen molar-refractivity contribution in [2.75, 3.05) is 5.32 Å². The van der Waals surface area contributed by atoms with Gasteiger partial charge in [-0.05, 0) is 24.3 Å². The summed E-state index contributed by atoms with van der Waals surface area (Å²) in [5, 5.41) is 6.97. The second kappa shape index (κ2) is 7.55. The Morgan fingerprint density at radius 2 is 1.80 bits per heavy atom. The Labute approximate surface area is 153 Å². The van der Waals surface area contributed by atoms with Crippen LogP contribution in [0.3, 0.4) is 0 Å². The number of amides is 2. The number of hydrogen-bond donors (Lipinski definition) is 2. The maximum Gasteiger partial charge on any atom is 0.255 e. The predicted molar refractivity (Wildman–Crippen MR) is 96.3 cm³/mol. The SMILES string of the molecule is O=C1CCC(Oc2c(Cl)cc(NC(=O)c3ccccc3)cc2Cl)=NN1. The van der Waals surface area contributed by atoms with Crippen LogP contribution in [-0.4, -0.2) is 17.7 Å². The van der Waals surface area contributed by atoms with E-state index in [0.717, 1.165) is 0 Å². The molecule has 0 fully saturated rings. The number of nitrogens with zero attached hydrogens (tertiary/aromatic N) is 1. The molecule has 0 atom stereocenters. The van der Waals surface area contributed by atoms with Crippen LogP contribution in [0.15, 0.2) is 47.6 Å². The monoisotopic (exact) mass is 377 g/mol. The summed E-state index contributed by atoms with van der Waals surface area (Å²) in [6.45, 7) is 0. The Morgan fingerprint density at radius 1 is 1.12 bits per heavy atom. The van der Waals surface area contributed by atoms with Crippen molar-refractivity contribution in [2.45, 2.75) is 12.8 Å². The first-order valence-corrected chi connectivity index (χ1v) is 8.17. The number of halogens is 2. The molecule has 0 saturated carbocycles. The van der Waals surface area contributed by atoms with Gasteiger partial charge in [-0.2, -0.15) is 0 Å². The third-order valence-corrected chi connectivity index (χ3v) is 3.94. The van der Waals surface area contributed by atoms with E-state index < -0.39 is 0 Å². The van der Waals surface area contributed by atoms with Crippen LogP contribution in [-0.2, 0) is 4.79 Å². The fourth-order valence-electron chi connectivity index (χ4n) is 2.17. The Balaban J connectivity index is 1.76. The molecule has 0 aliphatic carbocycles. The molecule has 2 amide bonds. The minimum Gasteiger partial charge on any atom is -0.438 e. The van der Waals surface area contributed by atoms with Crippen molar-refractivity contribution in [3.63, 3.8) is 0 Å². The van der Waals surface area contributed by atoms with Crippen LogP contribution >= 0.6 is 23.2 Å². The van der Waals surface area contributed by atoms with Crippen LogP contribution < -0.4 is 15.5 Å². The summed E-state index contributed by atoms with van der Waals surface area (Å²) >= 11 is 12.4. The van der Waals surface area contributed by atoms with E-state index in [1.165, 1.54) is 12.1 Å². The number of anilines is 1. The summed E-state index contributed by atoms with van der Waals surface area (Å²) in [6, 6.07) is 11.8. The summed E-state index contributed by atoms with van der Waals surface area (Å²) in [7, 11) is 0. The molecule has 0 spiro atoms. The van der Waals surface area contributed by atoms with Gasteiger partial charge >= 0.3 is 0 Å². The van der Waals surface area contributed by atoms with Crippen molar-refractivity contribution in [1.82, 2.24) is 5.43 Å². The number of ether oxygens (including phenoxy) is 1. The molecule has 2 aromatic carbocycles. The Hall–Kier alpha value is -2.57. The normalized spacial score (nSPS) is 13.7. The average molecular weight is 378 g/mol. The van der Waals surface area contributed by atoms with Crippen molar-refractivity contribution in [3.8, 4) is 5.75 Å². The zero-order chi connectivity index (χ0) is 17.8. The van der Waals surface area contributed by atoms with Crippen molar-refractivity contribution in [1.29, 1.82) is 0 Å². The molecule has 128 valence electrons. The maximum atomic E-state index is 12.2. The zero-order valence-corrected chi connectivity index (χ0v) is 14.4. The van der Waals surface area contributed by atoms with E-state index >= 15 is 0 Å². The van der Waals surface area contributed by atoms with Crippen molar-refractivity contribution in [3.05, 3.63) is 58.1 Å². The maximum absolute atomic E-state index is 12.2. The zero-order valence-electron chi connectivity index (χ0n) is 12.9. The molecule has 1 heterocycles. The standard InChI is InChI=1S/C17H13Cl2N3O3/c18-12-8-11(20-17(24)10-4-2-1-3-5-10)9-13(19)16(12)25-15-7-6-14(23)21-22-15/h1-5,8-9H,6-7H2,(H,20,24)(H,21,23). The van der Waals surface area contributed by atoms with E-state index in [4.69, 9.17) is 27.9 Å². The molecule has 0 saturated heterocycles. The topological polar surface area (TPSA) is 79.8 Å². The molecule has 1 aliphatic heterocycles. The number of carbonyl (C=O) groups excluding carboxylic acids is 2. The number of carbonyl (C=O) groups is 2. The van der Waals surface area contributed by atoms with Gasteiger partial charge in [-0.1, -0.05) is 41.4 Å². The largest absolute Gasteiger partial charge is 0.438 e. The molecular formula is C17H13Cl2N3O3. The van der Waals surface area contributed by atoms with Crippen LogP contribution in [0.5, 0.6) is 5.75 Å². The highest BCUT2D eigenvalue weighted by atomic mass is 35.5. The van der Waals surface area contributed by atoms with Crippen molar-refractivity contribution >= 4 is 46.6 Å². The summed E-state index contributed by atoms with van der Waals surface area (Å²) in [6.07, 6.45) is 0.629. The Bertz CT molecular complexity index is 830. The number of rotatable bonds is 3. The van der Waals surface area contributed by atoms with Crippen LogP contribution in [0, 0.1) is 0 Å². The second-order valence-corrected chi connectivity index (χ2v) is 6.05. The molecule has 0 radical (unpaired) electrons. The second-order valence-electron chi connectivity index (χ2n) is 5.23. The van der Waals surface area contributed by atoms with Gasteiger partial charge in [0.1, 0.15) is 0 Å². The van der Waals surface area contributed by atoms with Gasteiger partial charge in [-0.3, -0.25) is 9.59 Å². The van der Waals surface area contributed by atoms with Crippen LogP contribution in [0.4, 0.5) is 5.69 Å². The molecule has 0 bridgehead atoms. The van der Waals surface area contributed by atoms with Crippen LogP contribution in [0.1, 0.15) is 23.2 Å². The van der Waals surface area contributed by atoms with Gasteiger partial charge in [0, 0.05) is 24.1 Å². The number of nitrogens with one attached hydrogen (secondary N) is 2. The summed E-state index contributed by atoms with van der Waals surface area (Å²) in [4.78, 5) is 23.3. The summed E-state index contributed by atoms with van der Waals surface area (Å²) in [5.74, 6) is 0.0738. The quantitative estimate of drug-likeness (QED) is 0.852. The molecule has 2 N–H and O–H groups in total. The lowest BCUT2D eigenvalue weighted by Crippen LogP contribution is -2.28. The van der Waals surface area contributed by atoms with Gasteiger partial charge in [-0.25, -0.2) is 5.43 Å². The van der Waals surface area contributed by atoms with Gasteiger partial charge in [0.15, 0.2) is 5.75 Å². The molecular weight excluding hydrogens is 365 g/mol. The number of benzene rings is 2. The van der Waals surface area contributed by atoms with Crippen LogP contribution in [0.2, 0.25) is 10.0 Å². The van der Waals surface area contributed by atoms with Crippen molar-refractivity contribution < 1.29 is 14.3 Å². The van der Waals surface area contributed by atoms with E-state index in [1.807, 2.05) is 6.07 Å². The van der Waals surface area contributed by atoms with E-state index in [9.17, 15) is 9.59 Å². The average Bonchev–Trinajstić information content (AvgIpc) is 2.60. The first-order chi connectivity index (χ1) is 12.0. The van der Waals surface area contributed by atoms with E-state index in [1.54, 1.807) is 24.3 Å². The van der Waals surface area contributed by atoms with E-state index in [-0.39, 0.29) is 34.0 Å². The minimum absolute atomic E-state index is 0.177. The third-order valence-electron chi connectivity index (χ3n) is 3.38. The molecule has 0 unspecified atom stereocenters. The first-order valence-electron chi connectivity index (χ1n) is 7.41. The predicted octanol–water partition coefficient (Wildman–Crippen LogP) is 3.85. The highest BCUT2D eigenvalue weighted by Crippen LogP contribution is 2.36. The Kier molecular flexibility index (Phi) is 5.21. The van der Waals surface area contributed by atoms with Gasteiger partial charge in [0.25, 0.3) is 5.91 Å². The first kappa shape index (κ1) is 17.3. The molecule has 3 rings (SSSR count). The highest BCUT2D eigenvalue weighted by molar-refractivity contribution is 6.38. The number of hydrazone groups is 1. The van der Waals surface area contributed by atoms with Crippen molar-refractivity contribution in [2.24, 2.45) is 5.10 Å². The smallest absolute Gasteiger partial charge is 0.255 e. The molecule has 1 aliphatic rings. The van der Waals surface area contributed by atoms with Gasteiger partial charge in [0.2, 0.25) is 11.8 Å². The molecule has 0 aromatic heterocycles. The fourth-order valence-corrected chi connectivity index (χ4v) is 2.74. The highest BCUT2D eigenvalue weighted by Gasteiger charge is 2.18. The lowest BCUT2D eigenvalue weighted by atomic mass is 10.2. The molecule has 25 heavy (non-hydrogen) atoms. The molecule has 2 aromatic rings. The molecule has 8 heteroatoms. The Morgan fingerprint density at radius 3 is 2.40 bits per heavy atom. The van der Waals surface area contributed by atoms with E-state index in [0.29, 0.717) is 23.6 Å². The van der Waals surface area contributed by atoms with E-state index in [2.05, 4.69) is 15.8 Å². The minimum atomic E-state index is -0.277. The lowest BCUT2D eigenvalue weighted by Gasteiger charge is -2.15. The number of hydrogen-bond acceptors (Lipinski definition) is 4. The van der Waals surface area contributed by atoms with Crippen LogP contribution in [0.25, 0.3) is 0 Å². The summed E-state index contributed by atoms with van der Waals surface area (Å²) < 4.78 is 5.57. The van der Waals surface area contributed by atoms with Gasteiger partial charge < -0.3 is 10.1 Å². The fraction of sp³-hybridized carbons (Fsp3) is 0.118. The summed E-state index contributed by atoms with van der Waals surface area (Å²) in [5.41, 5.74) is 3.28. The van der Waals surface area contributed by atoms with Gasteiger partial charge in [-0.15, -0.1) is 5.10 Å². The lowest BCUT2D eigenvalue weighted by molar-refractivity contribution is -0.121.